The molecule has 0 aliphatic carbocycles. The Kier molecular flexibility index (Phi) is 6.01. The van der Waals surface area contributed by atoms with Crippen molar-refractivity contribution in [3.05, 3.63) is 44.6 Å². The zero-order chi connectivity index (χ0) is 20.4. The van der Waals surface area contributed by atoms with Gasteiger partial charge in [0.25, 0.3) is 15.6 Å². The maximum absolute atomic E-state index is 12.1. The van der Waals surface area contributed by atoms with Crippen LogP contribution in [0.3, 0.4) is 0 Å². The molecule has 2 aromatic heterocycles. The molecule has 0 aliphatic rings. The molecule has 0 aromatic carbocycles. The van der Waals surface area contributed by atoms with Gasteiger partial charge in [-0.05, 0) is 6.92 Å². The first-order chi connectivity index (χ1) is 12.5. The summed E-state index contributed by atoms with van der Waals surface area (Å²) in [5, 5.41) is -0.133. The number of rotatable bonds is 7. The van der Waals surface area contributed by atoms with Gasteiger partial charge < -0.3 is 9.30 Å². The molecule has 1 N–H and O–H groups in total. The maximum Gasteiger partial charge on any atom is 0.330 e. The Morgan fingerprint density at radius 1 is 1.22 bits per heavy atom. The molecular formula is C15H21N5O6S. The molecule has 148 valence electrons. The van der Waals surface area contributed by atoms with Crippen LogP contribution in [0.25, 0.3) is 0 Å². The monoisotopic (exact) mass is 399 g/mol. The minimum atomic E-state index is -3.83. The van der Waals surface area contributed by atoms with E-state index in [1.807, 2.05) is 0 Å². The summed E-state index contributed by atoms with van der Waals surface area (Å²) in [6, 6.07) is 1.20. The lowest BCUT2D eigenvalue weighted by Crippen LogP contribution is -2.38. The van der Waals surface area contributed by atoms with E-state index in [1.54, 1.807) is 18.5 Å². The van der Waals surface area contributed by atoms with Crippen molar-refractivity contribution >= 4 is 16.0 Å². The lowest BCUT2D eigenvalue weighted by atomic mass is 10.4. The summed E-state index contributed by atoms with van der Waals surface area (Å²) in [6.07, 6.45) is 1.15. The summed E-state index contributed by atoms with van der Waals surface area (Å²) in [6.45, 7) is 1.22. The number of esters is 1. The molecule has 27 heavy (non-hydrogen) atoms. The Morgan fingerprint density at radius 3 is 2.48 bits per heavy atom. The summed E-state index contributed by atoms with van der Waals surface area (Å²) in [7, 11) is 0.638. The summed E-state index contributed by atoms with van der Waals surface area (Å²) >= 11 is 0. The topological polar surface area (TPSA) is 134 Å². The van der Waals surface area contributed by atoms with Gasteiger partial charge in [0.05, 0.1) is 12.1 Å². The van der Waals surface area contributed by atoms with E-state index < -0.39 is 27.2 Å². The molecule has 0 bridgehead atoms. The highest BCUT2D eigenvalue weighted by molar-refractivity contribution is 7.89. The fourth-order valence-electron chi connectivity index (χ4n) is 2.16. The molecule has 2 heterocycles. The highest BCUT2D eigenvalue weighted by Crippen LogP contribution is 2.07. The molecule has 0 saturated heterocycles. The van der Waals surface area contributed by atoms with Gasteiger partial charge in [-0.15, -0.1) is 0 Å². The van der Waals surface area contributed by atoms with Gasteiger partial charge in [0.2, 0.25) is 0 Å². The Morgan fingerprint density at radius 2 is 1.89 bits per heavy atom. The van der Waals surface area contributed by atoms with E-state index in [0.29, 0.717) is 5.82 Å². The average Bonchev–Trinajstić information content (AvgIpc) is 2.95. The van der Waals surface area contributed by atoms with Crippen LogP contribution >= 0.6 is 0 Å². The van der Waals surface area contributed by atoms with Gasteiger partial charge in [0.1, 0.15) is 12.4 Å². The largest absolute Gasteiger partial charge is 0.459 e. The van der Waals surface area contributed by atoms with Crippen molar-refractivity contribution in [3.8, 4) is 0 Å². The van der Waals surface area contributed by atoms with Gasteiger partial charge in [-0.2, -0.15) is 0 Å². The van der Waals surface area contributed by atoms with Gasteiger partial charge in [0.15, 0.2) is 5.03 Å². The number of hydrogen-bond acceptors (Lipinski definition) is 7. The molecule has 0 atom stereocenters. The van der Waals surface area contributed by atoms with E-state index in [-0.39, 0.29) is 30.3 Å². The highest BCUT2D eigenvalue weighted by Gasteiger charge is 2.18. The second kappa shape index (κ2) is 7.88. The van der Waals surface area contributed by atoms with Crippen molar-refractivity contribution in [2.45, 2.75) is 25.0 Å². The van der Waals surface area contributed by atoms with Crippen molar-refractivity contribution in [1.29, 1.82) is 0 Å². The number of carbonyl (C=O) groups excluding carboxylic acids is 1. The fraction of sp³-hybridized carbons (Fsp3) is 0.467. The van der Waals surface area contributed by atoms with Crippen LogP contribution in [0.4, 0.5) is 0 Å². The lowest BCUT2D eigenvalue weighted by molar-refractivity contribution is -0.144. The molecule has 12 heteroatoms. The van der Waals surface area contributed by atoms with Crippen molar-refractivity contribution in [2.24, 2.45) is 21.1 Å². The second-order valence-corrected chi connectivity index (χ2v) is 7.63. The molecule has 0 aliphatic heterocycles. The van der Waals surface area contributed by atoms with Crippen molar-refractivity contribution in [1.82, 2.24) is 23.4 Å². The van der Waals surface area contributed by atoms with Crippen molar-refractivity contribution in [2.75, 3.05) is 6.54 Å². The predicted molar refractivity (Wildman–Crippen MR) is 94.5 cm³/mol. The molecule has 2 aromatic rings. The van der Waals surface area contributed by atoms with Crippen LogP contribution in [-0.4, -0.2) is 39.6 Å². The first-order valence-corrected chi connectivity index (χ1v) is 9.42. The standard InChI is InChI=1S/C15H21N5O6S/c1-10-17-12(8-18(10)2)27(24,25)16-6-5-14(22)26-9-11-7-13(21)20(4)15(23)19(11)3/h7-8,16H,5-6,9H2,1-4H3. The molecule has 2 rings (SSSR count). The van der Waals surface area contributed by atoms with Gasteiger partial charge >= 0.3 is 11.7 Å². The minimum absolute atomic E-state index is 0.133. The molecule has 0 spiro atoms. The first-order valence-electron chi connectivity index (χ1n) is 7.94. The zero-order valence-corrected chi connectivity index (χ0v) is 16.2. The summed E-state index contributed by atoms with van der Waals surface area (Å²) in [5.74, 6) is -0.141. The number of aromatic nitrogens is 4. The van der Waals surface area contributed by atoms with Crippen molar-refractivity contribution in [3.63, 3.8) is 0 Å². The number of hydrogen-bond donors (Lipinski definition) is 1. The molecule has 0 amide bonds. The lowest BCUT2D eigenvalue weighted by Gasteiger charge is -2.10. The quantitative estimate of drug-likeness (QED) is 0.562. The van der Waals surface area contributed by atoms with E-state index in [9.17, 15) is 22.8 Å². The average molecular weight is 399 g/mol. The maximum atomic E-state index is 12.1. The van der Waals surface area contributed by atoms with E-state index in [2.05, 4.69) is 9.71 Å². The molecule has 11 nitrogen and oxygen atoms in total. The van der Waals surface area contributed by atoms with Crippen LogP contribution in [-0.2, 0) is 47.3 Å². The Balaban J connectivity index is 1.90. The normalized spacial score (nSPS) is 11.6. The molecule has 0 unspecified atom stereocenters. The Hall–Kier alpha value is -2.73. The number of carbonyl (C=O) groups is 1. The number of ether oxygens (including phenoxy) is 1. The fourth-order valence-corrected chi connectivity index (χ4v) is 3.23. The van der Waals surface area contributed by atoms with Gasteiger partial charge in [0, 0.05) is 40.0 Å². The summed E-state index contributed by atoms with van der Waals surface area (Å²) in [5.41, 5.74) is -0.810. The number of aryl methyl sites for hydroxylation is 2. The zero-order valence-electron chi connectivity index (χ0n) is 15.4. The summed E-state index contributed by atoms with van der Waals surface area (Å²) in [4.78, 5) is 39.1. The second-order valence-electron chi connectivity index (χ2n) is 5.92. The molecular weight excluding hydrogens is 378 g/mol. The van der Waals surface area contributed by atoms with E-state index in [1.165, 1.54) is 30.9 Å². The van der Waals surface area contributed by atoms with Gasteiger partial charge in [-0.25, -0.2) is 22.9 Å². The minimum Gasteiger partial charge on any atom is -0.459 e. The third-order valence-corrected chi connectivity index (χ3v) is 5.32. The van der Waals surface area contributed by atoms with Crippen molar-refractivity contribution < 1.29 is 17.9 Å². The van der Waals surface area contributed by atoms with Crippen LogP contribution in [0.5, 0.6) is 0 Å². The molecule has 0 saturated carbocycles. The van der Waals surface area contributed by atoms with E-state index >= 15 is 0 Å². The first kappa shape index (κ1) is 20.6. The number of sulfonamides is 1. The molecule has 0 radical (unpaired) electrons. The van der Waals surface area contributed by atoms with Crippen LogP contribution in [0.2, 0.25) is 0 Å². The van der Waals surface area contributed by atoms with Crippen LogP contribution in [0, 0.1) is 6.92 Å². The van der Waals surface area contributed by atoms with Crippen LogP contribution in [0.1, 0.15) is 17.9 Å². The van der Waals surface area contributed by atoms with Crippen LogP contribution < -0.4 is 16.0 Å². The smallest absolute Gasteiger partial charge is 0.330 e. The summed E-state index contributed by atoms with van der Waals surface area (Å²) < 4.78 is 35.2. The van der Waals surface area contributed by atoms with Gasteiger partial charge in [-0.3, -0.25) is 18.7 Å². The SMILES string of the molecule is Cc1nc(S(=O)(=O)NCCC(=O)OCc2cc(=O)n(C)c(=O)n2C)cn1C. The number of imidazole rings is 1. The molecule has 0 fully saturated rings. The van der Waals surface area contributed by atoms with E-state index in [0.717, 1.165) is 4.57 Å². The Bertz CT molecular complexity index is 1060. The van der Waals surface area contributed by atoms with Crippen LogP contribution in [0.15, 0.2) is 26.9 Å². The van der Waals surface area contributed by atoms with E-state index in [4.69, 9.17) is 4.74 Å². The number of nitrogens with one attached hydrogen (secondary N) is 1. The Labute approximate surface area is 155 Å². The van der Waals surface area contributed by atoms with Gasteiger partial charge in [-0.1, -0.05) is 0 Å². The predicted octanol–water partition coefficient (Wildman–Crippen LogP) is -1.46. The third-order valence-electron chi connectivity index (χ3n) is 3.99. The third kappa shape index (κ3) is 4.71. The highest BCUT2D eigenvalue weighted by atomic mass is 32.2. The number of nitrogens with zero attached hydrogens (tertiary/aromatic N) is 4.